The summed E-state index contributed by atoms with van der Waals surface area (Å²) in [5.41, 5.74) is 2.05. The van der Waals surface area contributed by atoms with Gasteiger partial charge in [0.2, 0.25) is 0 Å². The summed E-state index contributed by atoms with van der Waals surface area (Å²) in [5.74, 6) is 0.166. The molecule has 2 rings (SSSR count). The third kappa shape index (κ3) is 4.78. The largest absolute Gasteiger partial charge is 0.478 e. The van der Waals surface area contributed by atoms with E-state index < -0.39 is 5.97 Å². The Kier molecular flexibility index (Phi) is 5.38. The highest BCUT2D eigenvalue weighted by Gasteiger charge is 2.24. The quantitative estimate of drug-likeness (QED) is 0.807. The third-order valence-corrected chi connectivity index (χ3v) is 5.44. The van der Waals surface area contributed by atoms with Crippen molar-refractivity contribution in [2.24, 2.45) is 0 Å². The van der Waals surface area contributed by atoms with Gasteiger partial charge in [0.05, 0.1) is 0 Å². The van der Waals surface area contributed by atoms with Crippen molar-refractivity contribution in [3.8, 4) is 0 Å². The number of hydrogen-bond donors (Lipinski definition) is 1. The molecule has 1 aliphatic heterocycles. The van der Waals surface area contributed by atoms with Crippen LogP contribution < -0.4 is 4.90 Å². The highest BCUT2D eigenvalue weighted by atomic mass is 79.9. The maximum absolute atomic E-state index is 10.8. The molecular weight excluding hydrogens is 350 g/mol. The summed E-state index contributed by atoms with van der Waals surface area (Å²) in [6.45, 7) is 6.56. The van der Waals surface area contributed by atoms with Crippen LogP contribution in [0.25, 0.3) is 6.08 Å². The number of carboxylic acid groups (broad SMARTS) is 1. The molecule has 0 aromatic heterocycles. The normalized spacial score (nSPS) is 18.7. The molecule has 1 saturated heterocycles. The third-order valence-electron chi connectivity index (χ3n) is 3.57. The van der Waals surface area contributed by atoms with E-state index in [2.05, 4.69) is 40.7 Å². The van der Waals surface area contributed by atoms with Crippen molar-refractivity contribution in [2.75, 3.05) is 23.7 Å². The van der Waals surface area contributed by atoms with Gasteiger partial charge in [-0.3, -0.25) is 0 Å². The number of carbonyl (C=O) groups is 1. The number of halogens is 1. The van der Waals surface area contributed by atoms with Gasteiger partial charge in [-0.2, -0.15) is 11.8 Å². The molecule has 1 fully saturated rings. The van der Waals surface area contributed by atoms with Crippen molar-refractivity contribution in [2.45, 2.75) is 25.0 Å². The summed E-state index contributed by atoms with van der Waals surface area (Å²) in [7, 11) is 0. The molecule has 0 atom stereocenters. The molecule has 0 radical (unpaired) electrons. The van der Waals surface area contributed by atoms with E-state index in [1.54, 1.807) is 6.08 Å². The molecular formula is C16H20BrNO2S. The van der Waals surface area contributed by atoms with E-state index >= 15 is 0 Å². The van der Waals surface area contributed by atoms with Crippen LogP contribution >= 0.6 is 27.7 Å². The monoisotopic (exact) mass is 369 g/mol. The SMILES string of the molecule is CC1(C)CCN(c2ccc(Br)cc2/C=C/C(=O)O)CCS1. The zero-order valence-electron chi connectivity index (χ0n) is 12.3. The number of benzene rings is 1. The number of thioether (sulfide) groups is 1. The lowest BCUT2D eigenvalue weighted by Crippen LogP contribution is -2.27. The summed E-state index contributed by atoms with van der Waals surface area (Å²) in [4.78, 5) is 13.1. The first-order valence-corrected chi connectivity index (χ1v) is 8.75. The summed E-state index contributed by atoms with van der Waals surface area (Å²) >= 11 is 5.46. The second-order valence-corrected chi connectivity index (χ2v) is 8.44. The molecule has 1 aliphatic rings. The Morgan fingerprint density at radius 2 is 2.19 bits per heavy atom. The molecule has 21 heavy (non-hydrogen) atoms. The van der Waals surface area contributed by atoms with Crippen molar-refractivity contribution < 1.29 is 9.90 Å². The Balaban J connectivity index is 2.28. The Bertz CT molecular complexity index is 557. The maximum Gasteiger partial charge on any atom is 0.328 e. The van der Waals surface area contributed by atoms with E-state index in [0.29, 0.717) is 4.75 Å². The number of hydrogen-bond acceptors (Lipinski definition) is 3. The summed E-state index contributed by atoms with van der Waals surface area (Å²) in [6, 6.07) is 6.04. The van der Waals surface area contributed by atoms with Gasteiger partial charge in [0.15, 0.2) is 0 Å². The highest BCUT2D eigenvalue weighted by Crippen LogP contribution is 2.34. The standard InChI is InChI=1S/C16H20BrNO2S/c1-16(2)7-8-18(9-10-21-16)14-5-4-13(17)11-12(14)3-6-15(19)20/h3-6,11H,7-10H2,1-2H3,(H,19,20)/b6-3+. The van der Waals surface area contributed by atoms with Crippen LogP contribution in [0.1, 0.15) is 25.8 Å². The van der Waals surface area contributed by atoms with E-state index in [1.165, 1.54) is 6.08 Å². The van der Waals surface area contributed by atoms with Crippen LogP contribution in [-0.4, -0.2) is 34.7 Å². The number of carboxylic acids is 1. The molecule has 0 amide bonds. The Morgan fingerprint density at radius 3 is 2.90 bits per heavy atom. The second kappa shape index (κ2) is 6.88. The molecule has 3 nitrogen and oxygen atoms in total. The summed E-state index contributed by atoms with van der Waals surface area (Å²) < 4.78 is 1.27. The number of aliphatic carboxylic acids is 1. The molecule has 1 aromatic rings. The zero-order chi connectivity index (χ0) is 15.5. The molecule has 0 spiro atoms. The van der Waals surface area contributed by atoms with Crippen LogP contribution in [0.15, 0.2) is 28.7 Å². The Hall–Kier alpha value is -0.940. The molecule has 0 unspecified atom stereocenters. The maximum atomic E-state index is 10.8. The van der Waals surface area contributed by atoms with Crippen LogP contribution in [0, 0.1) is 0 Å². The average Bonchev–Trinajstić information content (AvgIpc) is 2.57. The lowest BCUT2D eigenvalue weighted by atomic mass is 10.1. The van der Waals surface area contributed by atoms with Crippen molar-refractivity contribution in [1.82, 2.24) is 0 Å². The van der Waals surface area contributed by atoms with Gasteiger partial charge in [-0.15, -0.1) is 0 Å². The van der Waals surface area contributed by atoms with Crippen molar-refractivity contribution >= 4 is 45.4 Å². The Labute approximate surface area is 138 Å². The summed E-state index contributed by atoms with van der Waals surface area (Å²) in [5, 5.41) is 8.84. The molecule has 114 valence electrons. The fourth-order valence-corrected chi connectivity index (χ4v) is 3.85. The minimum absolute atomic E-state index is 0.307. The molecule has 1 aromatic carbocycles. The van der Waals surface area contributed by atoms with Crippen molar-refractivity contribution in [1.29, 1.82) is 0 Å². The predicted octanol–water partition coefficient (Wildman–Crippen LogP) is 4.27. The van der Waals surface area contributed by atoms with Gasteiger partial charge >= 0.3 is 5.97 Å². The van der Waals surface area contributed by atoms with Gasteiger partial charge in [-0.1, -0.05) is 29.8 Å². The molecule has 1 heterocycles. The predicted molar refractivity (Wildman–Crippen MR) is 94.2 cm³/mol. The van der Waals surface area contributed by atoms with Gasteiger partial charge in [0.25, 0.3) is 0 Å². The number of nitrogens with zero attached hydrogens (tertiary/aromatic N) is 1. The van der Waals surface area contributed by atoms with Crippen LogP contribution in [0.3, 0.4) is 0 Å². The first kappa shape index (κ1) is 16.4. The molecule has 0 saturated carbocycles. The van der Waals surface area contributed by atoms with E-state index in [1.807, 2.05) is 23.9 Å². The lowest BCUT2D eigenvalue weighted by molar-refractivity contribution is -0.131. The number of anilines is 1. The zero-order valence-corrected chi connectivity index (χ0v) is 14.7. The van der Waals surface area contributed by atoms with Crippen LogP contribution in [0.5, 0.6) is 0 Å². The van der Waals surface area contributed by atoms with E-state index in [9.17, 15) is 4.79 Å². The van der Waals surface area contributed by atoms with E-state index in [0.717, 1.165) is 41.0 Å². The fraction of sp³-hybridized carbons (Fsp3) is 0.438. The first-order chi connectivity index (χ1) is 9.87. The van der Waals surface area contributed by atoms with Gasteiger partial charge in [0.1, 0.15) is 0 Å². The molecule has 0 bridgehead atoms. The Morgan fingerprint density at radius 1 is 1.43 bits per heavy atom. The highest BCUT2D eigenvalue weighted by molar-refractivity contribution is 9.10. The van der Waals surface area contributed by atoms with Crippen molar-refractivity contribution in [3.05, 3.63) is 34.3 Å². The van der Waals surface area contributed by atoms with E-state index in [-0.39, 0.29) is 0 Å². The topological polar surface area (TPSA) is 40.5 Å². The molecule has 0 aliphatic carbocycles. The van der Waals surface area contributed by atoms with Crippen LogP contribution in [0.2, 0.25) is 0 Å². The van der Waals surface area contributed by atoms with Crippen molar-refractivity contribution in [3.63, 3.8) is 0 Å². The summed E-state index contributed by atoms with van der Waals surface area (Å²) in [6.07, 6.45) is 3.99. The minimum Gasteiger partial charge on any atom is -0.478 e. The fourth-order valence-electron chi connectivity index (χ4n) is 2.37. The van der Waals surface area contributed by atoms with Gasteiger partial charge in [0, 0.05) is 39.8 Å². The first-order valence-electron chi connectivity index (χ1n) is 6.97. The number of rotatable bonds is 3. The van der Waals surface area contributed by atoms with Gasteiger partial charge < -0.3 is 10.0 Å². The smallest absolute Gasteiger partial charge is 0.328 e. The van der Waals surface area contributed by atoms with Crippen LogP contribution in [0.4, 0.5) is 5.69 Å². The lowest BCUT2D eigenvalue weighted by Gasteiger charge is -2.26. The molecule has 1 N–H and O–H groups in total. The second-order valence-electron chi connectivity index (χ2n) is 5.72. The minimum atomic E-state index is -0.923. The molecule has 5 heteroatoms. The van der Waals surface area contributed by atoms with Gasteiger partial charge in [-0.25, -0.2) is 4.79 Å². The van der Waals surface area contributed by atoms with Crippen LogP contribution in [-0.2, 0) is 4.79 Å². The van der Waals surface area contributed by atoms with E-state index in [4.69, 9.17) is 5.11 Å². The van der Waals surface area contributed by atoms with Gasteiger partial charge in [-0.05, 0) is 36.3 Å². The average molecular weight is 370 g/mol.